The highest BCUT2D eigenvalue weighted by molar-refractivity contribution is 7.10. The molecule has 1 aromatic heterocycles. The lowest BCUT2D eigenvalue weighted by molar-refractivity contribution is 0.405. The van der Waals surface area contributed by atoms with Crippen molar-refractivity contribution in [2.45, 2.75) is 0 Å². The molecule has 0 bridgehead atoms. The predicted octanol–water partition coefficient (Wildman–Crippen LogP) is 2.78. The molecule has 1 aromatic carbocycles. The number of aromatic nitrogens is 1. The van der Waals surface area contributed by atoms with Gasteiger partial charge in [-0.05, 0) is 12.1 Å². The lowest BCUT2D eigenvalue weighted by Gasteiger charge is -2.11. The molecule has 0 aliphatic rings. The van der Waals surface area contributed by atoms with Crippen LogP contribution in [0.5, 0.6) is 11.5 Å². The smallest absolute Gasteiger partial charge is 0.159 e. The molecule has 1 heterocycles. The largest absolute Gasteiger partial charge is 0.497 e. The Labute approximate surface area is 109 Å². The Kier molecular flexibility index (Phi) is 3.65. The standard InChI is InChI=1S/C12H11N3O2S/c1-16-8-3-4-10(17-2)9(5-8)15-12-11(6-13)18-7-14-12/h3-5,7,15H,1-2H3. The Morgan fingerprint density at radius 2 is 2.17 bits per heavy atom. The van der Waals surface area contributed by atoms with E-state index in [9.17, 15) is 0 Å². The minimum atomic E-state index is 0.522. The number of nitriles is 1. The zero-order valence-corrected chi connectivity index (χ0v) is 10.7. The second-order valence-electron chi connectivity index (χ2n) is 3.33. The van der Waals surface area contributed by atoms with Crippen molar-refractivity contribution in [3.8, 4) is 17.6 Å². The van der Waals surface area contributed by atoms with Crippen LogP contribution in [0.4, 0.5) is 11.5 Å². The average Bonchev–Trinajstić information content (AvgIpc) is 2.86. The van der Waals surface area contributed by atoms with E-state index >= 15 is 0 Å². The Balaban J connectivity index is 2.36. The number of ether oxygens (including phenoxy) is 2. The van der Waals surface area contributed by atoms with E-state index in [2.05, 4.69) is 16.4 Å². The lowest BCUT2D eigenvalue weighted by atomic mass is 10.2. The van der Waals surface area contributed by atoms with E-state index in [1.807, 2.05) is 0 Å². The number of hydrogen-bond acceptors (Lipinski definition) is 6. The van der Waals surface area contributed by atoms with Gasteiger partial charge in [0, 0.05) is 6.07 Å². The van der Waals surface area contributed by atoms with Gasteiger partial charge in [-0.2, -0.15) is 5.26 Å². The molecule has 0 saturated carbocycles. The third kappa shape index (κ3) is 2.36. The van der Waals surface area contributed by atoms with E-state index in [4.69, 9.17) is 14.7 Å². The quantitative estimate of drug-likeness (QED) is 0.916. The maximum Gasteiger partial charge on any atom is 0.159 e. The molecule has 92 valence electrons. The van der Waals surface area contributed by atoms with Crippen molar-refractivity contribution in [1.82, 2.24) is 4.98 Å². The molecule has 0 fully saturated rings. The molecule has 0 aliphatic carbocycles. The van der Waals surface area contributed by atoms with Crippen molar-refractivity contribution in [2.24, 2.45) is 0 Å². The first-order valence-electron chi connectivity index (χ1n) is 5.11. The van der Waals surface area contributed by atoms with Gasteiger partial charge in [0.1, 0.15) is 22.4 Å². The van der Waals surface area contributed by atoms with Gasteiger partial charge >= 0.3 is 0 Å². The van der Waals surface area contributed by atoms with Gasteiger partial charge in [-0.25, -0.2) is 4.98 Å². The number of thiazole rings is 1. The van der Waals surface area contributed by atoms with Gasteiger partial charge in [0.05, 0.1) is 25.4 Å². The number of methoxy groups -OCH3 is 2. The Hall–Kier alpha value is -2.26. The van der Waals surface area contributed by atoms with Crippen LogP contribution >= 0.6 is 11.3 Å². The number of nitrogens with one attached hydrogen (secondary N) is 1. The SMILES string of the molecule is COc1ccc(OC)c(Nc2ncsc2C#N)c1. The fourth-order valence-corrected chi connectivity index (χ4v) is 1.99. The third-order valence-corrected chi connectivity index (χ3v) is 3.06. The van der Waals surface area contributed by atoms with Crippen molar-refractivity contribution < 1.29 is 9.47 Å². The topological polar surface area (TPSA) is 67.2 Å². The first-order chi connectivity index (χ1) is 8.78. The van der Waals surface area contributed by atoms with Gasteiger partial charge in [0.15, 0.2) is 5.82 Å². The molecule has 6 heteroatoms. The second-order valence-corrected chi connectivity index (χ2v) is 4.19. The second kappa shape index (κ2) is 5.38. The van der Waals surface area contributed by atoms with Crippen molar-refractivity contribution in [2.75, 3.05) is 19.5 Å². The molecule has 0 atom stereocenters. The van der Waals surface area contributed by atoms with Crippen molar-refractivity contribution in [3.05, 3.63) is 28.6 Å². The molecule has 2 rings (SSSR count). The van der Waals surface area contributed by atoms with E-state index in [-0.39, 0.29) is 0 Å². The molecule has 0 amide bonds. The highest BCUT2D eigenvalue weighted by Gasteiger charge is 2.10. The van der Waals surface area contributed by atoms with Crippen LogP contribution in [0, 0.1) is 11.3 Å². The van der Waals surface area contributed by atoms with Crippen molar-refractivity contribution >= 4 is 22.8 Å². The van der Waals surface area contributed by atoms with Crippen molar-refractivity contribution in [3.63, 3.8) is 0 Å². The molecular formula is C12H11N3O2S. The zero-order valence-electron chi connectivity index (χ0n) is 9.93. The van der Waals surface area contributed by atoms with Crippen LogP contribution in [-0.2, 0) is 0 Å². The summed E-state index contributed by atoms with van der Waals surface area (Å²) >= 11 is 1.29. The molecule has 0 saturated heterocycles. The van der Waals surface area contributed by atoms with Crippen LogP contribution in [0.25, 0.3) is 0 Å². The summed E-state index contributed by atoms with van der Waals surface area (Å²) in [5, 5.41) is 12.0. The summed E-state index contributed by atoms with van der Waals surface area (Å²) in [6.45, 7) is 0. The van der Waals surface area contributed by atoms with Gasteiger partial charge in [-0.15, -0.1) is 11.3 Å². The molecule has 1 N–H and O–H groups in total. The van der Waals surface area contributed by atoms with Gasteiger partial charge in [0.25, 0.3) is 0 Å². The highest BCUT2D eigenvalue weighted by atomic mass is 32.1. The molecule has 0 unspecified atom stereocenters. The lowest BCUT2D eigenvalue weighted by Crippen LogP contribution is -1.97. The summed E-state index contributed by atoms with van der Waals surface area (Å²) in [6, 6.07) is 7.47. The molecule has 0 aliphatic heterocycles. The Morgan fingerprint density at radius 3 is 2.83 bits per heavy atom. The fourth-order valence-electron chi connectivity index (χ4n) is 1.45. The van der Waals surface area contributed by atoms with Crippen LogP contribution in [-0.4, -0.2) is 19.2 Å². The molecule has 2 aromatic rings. The Morgan fingerprint density at radius 1 is 1.33 bits per heavy atom. The number of nitrogens with zero attached hydrogens (tertiary/aromatic N) is 2. The zero-order chi connectivity index (χ0) is 13.0. The van der Waals surface area contributed by atoms with Crippen LogP contribution < -0.4 is 14.8 Å². The maximum atomic E-state index is 8.94. The van der Waals surface area contributed by atoms with E-state index < -0.39 is 0 Å². The third-order valence-electron chi connectivity index (χ3n) is 2.33. The van der Waals surface area contributed by atoms with Crippen molar-refractivity contribution in [1.29, 1.82) is 5.26 Å². The van der Waals surface area contributed by atoms with Gasteiger partial charge < -0.3 is 14.8 Å². The summed E-state index contributed by atoms with van der Waals surface area (Å²) in [6.07, 6.45) is 0. The summed E-state index contributed by atoms with van der Waals surface area (Å²) in [5.74, 6) is 1.88. The summed E-state index contributed by atoms with van der Waals surface area (Å²) in [5.41, 5.74) is 2.33. The minimum Gasteiger partial charge on any atom is -0.497 e. The summed E-state index contributed by atoms with van der Waals surface area (Å²) in [4.78, 5) is 4.63. The fraction of sp³-hybridized carbons (Fsp3) is 0.167. The summed E-state index contributed by atoms with van der Waals surface area (Å²) in [7, 11) is 3.17. The normalized spacial score (nSPS) is 9.61. The number of benzene rings is 1. The number of anilines is 2. The van der Waals surface area contributed by atoms with E-state index in [1.54, 1.807) is 37.9 Å². The van der Waals surface area contributed by atoms with E-state index in [1.165, 1.54) is 11.3 Å². The van der Waals surface area contributed by atoms with E-state index in [0.717, 1.165) is 0 Å². The number of hydrogen-bond donors (Lipinski definition) is 1. The average molecular weight is 261 g/mol. The van der Waals surface area contributed by atoms with Crippen LogP contribution in [0.2, 0.25) is 0 Å². The molecule has 0 radical (unpaired) electrons. The molecular weight excluding hydrogens is 250 g/mol. The van der Waals surface area contributed by atoms with Gasteiger partial charge in [-0.3, -0.25) is 0 Å². The maximum absolute atomic E-state index is 8.94. The first kappa shape index (κ1) is 12.2. The molecule has 5 nitrogen and oxygen atoms in total. The first-order valence-corrected chi connectivity index (χ1v) is 5.99. The molecule has 18 heavy (non-hydrogen) atoms. The van der Waals surface area contributed by atoms with Gasteiger partial charge in [0.2, 0.25) is 0 Å². The van der Waals surface area contributed by atoms with Crippen LogP contribution in [0.1, 0.15) is 4.88 Å². The van der Waals surface area contributed by atoms with E-state index in [0.29, 0.717) is 27.9 Å². The molecule has 0 spiro atoms. The highest BCUT2D eigenvalue weighted by Crippen LogP contribution is 2.32. The van der Waals surface area contributed by atoms with Crippen LogP contribution in [0.15, 0.2) is 23.7 Å². The Bertz CT molecular complexity index is 589. The number of rotatable bonds is 4. The van der Waals surface area contributed by atoms with Gasteiger partial charge in [-0.1, -0.05) is 0 Å². The minimum absolute atomic E-state index is 0.522. The summed E-state index contributed by atoms with van der Waals surface area (Å²) < 4.78 is 10.4. The monoisotopic (exact) mass is 261 g/mol. The van der Waals surface area contributed by atoms with Crippen LogP contribution in [0.3, 0.4) is 0 Å². The predicted molar refractivity (Wildman–Crippen MR) is 69.7 cm³/mol.